The van der Waals surface area contributed by atoms with Gasteiger partial charge in [-0.3, -0.25) is 4.79 Å². The third-order valence-corrected chi connectivity index (χ3v) is 4.81. The zero-order valence-corrected chi connectivity index (χ0v) is 14.9. The summed E-state index contributed by atoms with van der Waals surface area (Å²) in [7, 11) is 0. The summed E-state index contributed by atoms with van der Waals surface area (Å²) < 4.78 is 39.6. The summed E-state index contributed by atoms with van der Waals surface area (Å²) in [5.74, 6) is -0.599. The molecule has 0 radical (unpaired) electrons. The number of fused-ring (bicyclic) bond motifs is 1. The van der Waals surface area contributed by atoms with Crippen LogP contribution in [0.25, 0.3) is 0 Å². The van der Waals surface area contributed by atoms with Gasteiger partial charge in [-0.2, -0.15) is 13.2 Å². The Hall–Kier alpha value is -2.05. The summed E-state index contributed by atoms with van der Waals surface area (Å²) in [6, 6.07) is 7.09. The minimum Gasteiger partial charge on any atom is -0.322 e. The molecule has 3 nitrogen and oxygen atoms in total. The summed E-state index contributed by atoms with van der Waals surface area (Å²) in [6.45, 7) is 3.12. The molecule has 138 valence electrons. The van der Waals surface area contributed by atoms with Crippen LogP contribution in [0.2, 0.25) is 5.02 Å². The lowest BCUT2D eigenvalue weighted by Crippen LogP contribution is -2.24. The standard InChI is InChI=1S/C19H18ClF3N2O/c1-2-11-3-4-12(8-16(11)19(21,22)23)18(26)25-14-7-13-10-24-6-5-15(13)17(20)9-14/h3-4,7-9,24H,2,5-6,10H2,1H3,(H,25,26). The predicted molar refractivity (Wildman–Crippen MR) is 95.6 cm³/mol. The highest BCUT2D eigenvalue weighted by Gasteiger charge is 2.33. The summed E-state index contributed by atoms with van der Waals surface area (Å²) >= 11 is 6.27. The first-order valence-corrected chi connectivity index (χ1v) is 8.71. The molecule has 0 bridgehead atoms. The summed E-state index contributed by atoms with van der Waals surface area (Å²) in [6.07, 6.45) is -3.46. The molecule has 1 heterocycles. The second kappa shape index (κ2) is 7.29. The second-order valence-corrected chi connectivity index (χ2v) is 6.61. The second-order valence-electron chi connectivity index (χ2n) is 6.20. The van der Waals surface area contributed by atoms with Crippen LogP contribution in [-0.4, -0.2) is 12.5 Å². The Morgan fingerprint density at radius 2 is 2.04 bits per heavy atom. The van der Waals surface area contributed by atoms with Crippen molar-refractivity contribution in [3.63, 3.8) is 0 Å². The molecule has 7 heteroatoms. The summed E-state index contributed by atoms with van der Waals surface area (Å²) in [5.41, 5.74) is 1.83. The van der Waals surface area contributed by atoms with Gasteiger partial charge in [-0.15, -0.1) is 0 Å². The van der Waals surface area contributed by atoms with Crippen molar-refractivity contribution in [2.45, 2.75) is 32.5 Å². The number of anilines is 1. The van der Waals surface area contributed by atoms with E-state index in [1.165, 1.54) is 12.1 Å². The molecule has 0 aliphatic carbocycles. The highest BCUT2D eigenvalue weighted by atomic mass is 35.5. The van der Waals surface area contributed by atoms with Gasteiger partial charge in [0.05, 0.1) is 5.56 Å². The lowest BCUT2D eigenvalue weighted by atomic mass is 9.99. The third kappa shape index (κ3) is 3.86. The maximum Gasteiger partial charge on any atom is 0.416 e. The van der Waals surface area contributed by atoms with Gasteiger partial charge in [0.15, 0.2) is 0 Å². The largest absolute Gasteiger partial charge is 0.416 e. The SMILES string of the molecule is CCc1ccc(C(=O)Nc2cc(Cl)c3c(c2)CNCC3)cc1C(F)(F)F. The van der Waals surface area contributed by atoms with Crippen molar-refractivity contribution in [3.8, 4) is 0 Å². The highest BCUT2D eigenvalue weighted by Crippen LogP contribution is 2.33. The van der Waals surface area contributed by atoms with E-state index < -0.39 is 17.6 Å². The van der Waals surface area contributed by atoms with Crippen LogP contribution in [0.3, 0.4) is 0 Å². The van der Waals surface area contributed by atoms with Crippen LogP contribution < -0.4 is 10.6 Å². The van der Waals surface area contributed by atoms with Crippen molar-refractivity contribution in [2.24, 2.45) is 0 Å². The minimum atomic E-state index is -4.50. The zero-order chi connectivity index (χ0) is 18.9. The zero-order valence-electron chi connectivity index (χ0n) is 14.1. The van der Waals surface area contributed by atoms with Crippen molar-refractivity contribution in [3.05, 3.63) is 63.2 Å². The molecular weight excluding hydrogens is 365 g/mol. The fraction of sp³-hybridized carbons (Fsp3) is 0.316. The van der Waals surface area contributed by atoms with Gasteiger partial charge in [0, 0.05) is 22.8 Å². The van der Waals surface area contributed by atoms with Crippen LogP contribution in [0.4, 0.5) is 18.9 Å². The summed E-state index contributed by atoms with van der Waals surface area (Å²) in [4.78, 5) is 12.4. The van der Waals surface area contributed by atoms with Crippen LogP contribution in [0.15, 0.2) is 30.3 Å². The number of aryl methyl sites for hydroxylation is 1. The normalized spacial score (nSPS) is 14.0. The molecule has 2 N–H and O–H groups in total. The quantitative estimate of drug-likeness (QED) is 0.799. The van der Waals surface area contributed by atoms with E-state index in [0.29, 0.717) is 17.3 Å². The van der Waals surface area contributed by atoms with Crippen molar-refractivity contribution in [1.82, 2.24) is 5.32 Å². The fourth-order valence-electron chi connectivity index (χ4n) is 3.13. The van der Waals surface area contributed by atoms with Gasteiger partial charge in [-0.1, -0.05) is 24.6 Å². The molecule has 0 aromatic heterocycles. The van der Waals surface area contributed by atoms with E-state index in [0.717, 1.165) is 30.2 Å². The highest BCUT2D eigenvalue weighted by molar-refractivity contribution is 6.31. The van der Waals surface area contributed by atoms with Crippen molar-refractivity contribution >= 4 is 23.2 Å². The first kappa shape index (κ1) is 18.7. The molecule has 0 unspecified atom stereocenters. The topological polar surface area (TPSA) is 41.1 Å². The molecule has 0 saturated carbocycles. The fourth-order valence-corrected chi connectivity index (χ4v) is 3.47. The molecule has 26 heavy (non-hydrogen) atoms. The van der Waals surface area contributed by atoms with Crippen LogP contribution in [-0.2, 0) is 25.6 Å². The Kier molecular flexibility index (Phi) is 5.25. The minimum absolute atomic E-state index is 0.0403. The molecule has 3 rings (SSSR count). The lowest BCUT2D eigenvalue weighted by Gasteiger charge is -2.20. The summed E-state index contributed by atoms with van der Waals surface area (Å²) in [5, 5.41) is 6.42. The molecule has 1 aliphatic rings. The number of carbonyl (C=O) groups excluding carboxylic acids is 1. The molecule has 0 spiro atoms. The van der Waals surface area contributed by atoms with Gasteiger partial charge in [0.1, 0.15) is 0 Å². The number of alkyl halides is 3. The molecule has 1 amide bonds. The monoisotopic (exact) mass is 382 g/mol. The van der Waals surface area contributed by atoms with E-state index >= 15 is 0 Å². The number of halogens is 4. The Bertz CT molecular complexity index is 849. The average molecular weight is 383 g/mol. The smallest absolute Gasteiger partial charge is 0.322 e. The van der Waals surface area contributed by atoms with E-state index in [1.54, 1.807) is 19.1 Å². The number of hydrogen-bond donors (Lipinski definition) is 2. The van der Waals surface area contributed by atoms with E-state index in [9.17, 15) is 18.0 Å². The molecule has 1 aliphatic heterocycles. The van der Waals surface area contributed by atoms with Crippen LogP contribution in [0.5, 0.6) is 0 Å². The van der Waals surface area contributed by atoms with Gasteiger partial charge in [-0.05, 0) is 60.3 Å². The van der Waals surface area contributed by atoms with Crippen molar-refractivity contribution in [1.29, 1.82) is 0 Å². The number of rotatable bonds is 3. The van der Waals surface area contributed by atoms with Crippen LogP contribution in [0, 0.1) is 0 Å². The molecule has 0 saturated heterocycles. The molecule has 0 fully saturated rings. The number of benzene rings is 2. The van der Waals surface area contributed by atoms with Gasteiger partial charge in [-0.25, -0.2) is 0 Å². The average Bonchev–Trinajstić information content (AvgIpc) is 2.60. The number of hydrogen-bond acceptors (Lipinski definition) is 2. The Morgan fingerprint density at radius 1 is 1.27 bits per heavy atom. The van der Waals surface area contributed by atoms with Crippen molar-refractivity contribution in [2.75, 3.05) is 11.9 Å². The number of nitrogens with one attached hydrogen (secondary N) is 2. The molecule has 2 aromatic carbocycles. The Balaban J connectivity index is 1.88. The van der Waals surface area contributed by atoms with E-state index in [4.69, 9.17) is 11.6 Å². The van der Waals surface area contributed by atoms with Gasteiger partial charge >= 0.3 is 6.18 Å². The Morgan fingerprint density at radius 3 is 2.73 bits per heavy atom. The van der Waals surface area contributed by atoms with Gasteiger partial charge in [0.25, 0.3) is 5.91 Å². The van der Waals surface area contributed by atoms with Crippen molar-refractivity contribution < 1.29 is 18.0 Å². The number of carbonyl (C=O) groups is 1. The van der Waals surface area contributed by atoms with Gasteiger partial charge in [0.2, 0.25) is 0 Å². The lowest BCUT2D eigenvalue weighted by molar-refractivity contribution is -0.138. The van der Waals surface area contributed by atoms with E-state index in [2.05, 4.69) is 10.6 Å². The first-order chi connectivity index (χ1) is 12.3. The third-order valence-electron chi connectivity index (χ3n) is 4.47. The molecule has 0 atom stereocenters. The Labute approximate surface area is 154 Å². The predicted octanol–water partition coefficient (Wildman–Crippen LogP) is 4.82. The molecular formula is C19H18ClF3N2O. The maximum absolute atomic E-state index is 13.2. The van der Waals surface area contributed by atoms with E-state index in [1.807, 2.05) is 0 Å². The molecule has 2 aromatic rings. The van der Waals surface area contributed by atoms with Crippen LogP contribution >= 0.6 is 11.6 Å². The van der Waals surface area contributed by atoms with Crippen LogP contribution in [0.1, 0.15) is 39.5 Å². The van der Waals surface area contributed by atoms with E-state index in [-0.39, 0.29) is 17.5 Å². The number of amides is 1. The first-order valence-electron chi connectivity index (χ1n) is 8.33. The maximum atomic E-state index is 13.2. The van der Waals surface area contributed by atoms with Gasteiger partial charge < -0.3 is 10.6 Å².